The van der Waals surface area contributed by atoms with Crippen molar-refractivity contribution in [1.29, 1.82) is 0 Å². The van der Waals surface area contributed by atoms with Crippen molar-refractivity contribution in [3.05, 3.63) is 36.4 Å². The highest BCUT2D eigenvalue weighted by Crippen LogP contribution is 2.24. The number of nitrogens with zero attached hydrogens (tertiary/aromatic N) is 2. The lowest BCUT2D eigenvalue weighted by Crippen LogP contribution is -2.04. The Hall–Kier alpha value is -1.82. The predicted octanol–water partition coefficient (Wildman–Crippen LogP) is 2.40. The van der Waals surface area contributed by atoms with Crippen molar-refractivity contribution in [2.24, 2.45) is 0 Å². The third kappa shape index (κ3) is 3.07. The molecule has 88 valence electrons. The Labute approximate surface area is 102 Å². The number of oxazole rings is 1. The molecule has 0 aromatic carbocycles. The standard InChI is InChI=1S/C11H10N2O3S/c1-2-15-10(14)8-7-16-11(13-8)17-9-5-3-4-6-12-9/h3-7H,2H2,1H3. The molecule has 0 fully saturated rings. The monoisotopic (exact) mass is 250 g/mol. The van der Waals surface area contributed by atoms with E-state index in [0.717, 1.165) is 5.03 Å². The number of carbonyl (C=O) groups is 1. The van der Waals surface area contributed by atoms with Crippen molar-refractivity contribution in [1.82, 2.24) is 9.97 Å². The lowest BCUT2D eigenvalue weighted by molar-refractivity contribution is 0.0519. The molecule has 0 amide bonds. The van der Waals surface area contributed by atoms with Crippen LogP contribution in [0.3, 0.4) is 0 Å². The number of ether oxygens (including phenoxy) is 1. The fourth-order valence-corrected chi connectivity index (χ4v) is 1.78. The molecule has 0 bridgehead atoms. The average Bonchev–Trinajstić information content (AvgIpc) is 2.79. The van der Waals surface area contributed by atoms with Crippen LogP contribution < -0.4 is 0 Å². The molecule has 0 saturated heterocycles. The molecular weight excluding hydrogens is 240 g/mol. The molecule has 0 unspecified atom stereocenters. The summed E-state index contributed by atoms with van der Waals surface area (Å²) in [6.45, 7) is 2.05. The topological polar surface area (TPSA) is 65.2 Å². The van der Waals surface area contributed by atoms with Crippen LogP contribution in [-0.2, 0) is 4.74 Å². The number of hydrogen-bond acceptors (Lipinski definition) is 6. The summed E-state index contributed by atoms with van der Waals surface area (Å²) >= 11 is 1.25. The summed E-state index contributed by atoms with van der Waals surface area (Å²) in [5, 5.41) is 1.12. The van der Waals surface area contributed by atoms with Crippen LogP contribution in [0.25, 0.3) is 0 Å². The summed E-state index contributed by atoms with van der Waals surface area (Å²) in [4.78, 5) is 19.5. The molecule has 2 rings (SSSR count). The summed E-state index contributed by atoms with van der Waals surface area (Å²) in [6, 6.07) is 5.52. The molecule has 0 aliphatic carbocycles. The van der Waals surface area contributed by atoms with Crippen LogP contribution in [0.1, 0.15) is 17.4 Å². The Bertz CT molecular complexity index is 498. The number of pyridine rings is 1. The van der Waals surface area contributed by atoms with Crippen LogP contribution in [0.5, 0.6) is 0 Å². The minimum Gasteiger partial charge on any atom is -0.461 e. The summed E-state index contributed by atoms with van der Waals surface area (Å²) in [6.07, 6.45) is 2.96. The van der Waals surface area contributed by atoms with Gasteiger partial charge >= 0.3 is 5.97 Å². The Morgan fingerprint density at radius 1 is 1.53 bits per heavy atom. The quantitative estimate of drug-likeness (QED) is 0.776. The van der Waals surface area contributed by atoms with Gasteiger partial charge in [-0.15, -0.1) is 0 Å². The van der Waals surface area contributed by atoms with Gasteiger partial charge in [-0.3, -0.25) is 0 Å². The fraction of sp³-hybridized carbons (Fsp3) is 0.182. The summed E-state index contributed by atoms with van der Waals surface area (Å²) in [5.74, 6) is -0.482. The number of esters is 1. The van der Waals surface area contributed by atoms with Crippen molar-refractivity contribution >= 4 is 17.7 Å². The van der Waals surface area contributed by atoms with Gasteiger partial charge in [0.2, 0.25) is 0 Å². The van der Waals surface area contributed by atoms with Crippen LogP contribution in [0.4, 0.5) is 0 Å². The summed E-state index contributed by atoms with van der Waals surface area (Å²) in [7, 11) is 0. The smallest absolute Gasteiger partial charge is 0.360 e. The summed E-state index contributed by atoms with van der Waals surface area (Å²) in [5.41, 5.74) is 0.172. The van der Waals surface area contributed by atoms with Crippen LogP contribution in [0.15, 0.2) is 45.3 Å². The van der Waals surface area contributed by atoms with Crippen LogP contribution in [0.2, 0.25) is 0 Å². The largest absolute Gasteiger partial charge is 0.461 e. The van der Waals surface area contributed by atoms with E-state index in [1.54, 1.807) is 13.1 Å². The van der Waals surface area contributed by atoms with E-state index in [4.69, 9.17) is 9.15 Å². The molecule has 0 N–H and O–H groups in total. The first-order valence-electron chi connectivity index (χ1n) is 5.01. The van der Waals surface area contributed by atoms with Gasteiger partial charge in [-0.2, -0.15) is 4.98 Å². The molecule has 0 radical (unpaired) electrons. The van der Waals surface area contributed by atoms with Crippen molar-refractivity contribution in [3.8, 4) is 0 Å². The molecule has 0 atom stereocenters. The van der Waals surface area contributed by atoms with Crippen molar-refractivity contribution in [2.75, 3.05) is 6.61 Å². The normalized spacial score (nSPS) is 10.2. The molecule has 2 aromatic rings. The minimum absolute atomic E-state index is 0.172. The molecule has 2 aromatic heterocycles. The number of hydrogen-bond donors (Lipinski definition) is 0. The average molecular weight is 250 g/mol. The zero-order chi connectivity index (χ0) is 12.1. The molecule has 2 heterocycles. The third-order valence-electron chi connectivity index (χ3n) is 1.80. The van der Waals surface area contributed by atoms with E-state index < -0.39 is 5.97 Å². The Morgan fingerprint density at radius 3 is 3.12 bits per heavy atom. The van der Waals surface area contributed by atoms with Gasteiger partial charge in [-0.05, 0) is 30.8 Å². The summed E-state index contributed by atoms with van der Waals surface area (Å²) < 4.78 is 9.95. The number of aromatic nitrogens is 2. The molecule has 0 spiro atoms. The van der Waals surface area contributed by atoms with Gasteiger partial charge in [0, 0.05) is 6.20 Å². The lowest BCUT2D eigenvalue weighted by atomic mass is 10.5. The highest BCUT2D eigenvalue weighted by Gasteiger charge is 2.13. The Morgan fingerprint density at radius 2 is 2.41 bits per heavy atom. The number of carbonyl (C=O) groups excluding carboxylic acids is 1. The first-order valence-corrected chi connectivity index (χ1v) is 5.82. The second kappa shape index (κ2) is 5.49. The first kappa shape index (κ1) is 11.7. The Balaban J connectivity index is 2.06. The maximum Gasteiger partial charge on any atom is 0.360 e. The second-order valence-electron chi connectivity index (χ2n) is 2.99. The minimum atomic E-state index is -0.482. The Kier molecular flexibility index (Phi) is 3.77. The van der Waals surface area contributed by atoms with Gasteiger partial charge in [0.25, 0.3) is 5.22 Å². The van der Waals surface area contributed by atoms with E-state index in [1.165, 1.54) is 18.0 Å². The SMILES string of the molecule is CCOC(=O)c1coc(Sc2ccccn2)n1. The molecule has 0 aliphatic rings. The van der Waals surface area contributed by atoms with Crippen molar-refractivity contribution in [3.63, 3.8) is 0 Å². The molecule has 17 heavy (non-hydrogen) atoms. The maximum absolute atomic E-state index is 11.3. The van der Waals surface area contributed by atoms with Gasteiger partial charge < -0.3 is 9.15 Å². The van der Waals surface area contributed by atoms with Crippen LogP contribution in [0, 0.1) is 0 Å². The maximum atomic E-state index is 11.3. The van der Waals surface area contributed by atoms with Gasteiger partial charge in [0.1, 0.15) is 11.3 Å². The first-order chi connectivity index (χ1) is 8.29. The predicted molar refractivity (Wildman–Crippen MR) is 60.8 cm³/mol. The highest BCUT2D eigenvalue weighted by atomic mass is 32.2. The van der Waals surface area contributed by atoms with Gasteiger partial charge in [-0.25, -0.2) is 9.78 Å². The van der Waals surface area contributed by atoms with Crippen LogP contribution >= 0.6 is 11.8 Å². The molecule has 6 heteroatoms. The van der Waals surface area contributed by atoms with Crippen molar-refractivity contribution < 1.29 is 13.9 Å². The van der Waals surface area contributed by atoms with E-state index in [9.17, 15) is 4.79 Å². The molecule has 5 nitrogen and oxygen atoms in total. The number of rotatable bonds is 4. The highest BCUT2D eigenvalue weighted by molar-refractivity contribution is 7.99. The van der Waals surface area contributed by atoms with E-state index in [0.29, 0.717) is 11.8 Å². The zero-order valence-electron chi connectivity index (χ0n) is 9.12. The third-order valence-corrected chi connectivity index (χ3v) is 2.61. The van der Waals surface area contributed by atoms with Gasteiger partial charge in [0.05, 0.1) is 6.61 Å². The van der Waals surface area contributed by atoms with E-state index in [1.807, 2.05) is 18.2 Å². The second-order valence-corrected chi connectivity index (χ2v) is 3.96. The lowest BCUT2D eigenvalue weighted by Gasteiger charge is -1.95. The van der Waals surface area contributed by atoms with Gasteiger partial charge in [-0.1, -0.05) is 6.07 Å². The fourth-order valence-electron chi connectivity index (χ4n) is 1.10. The molecule has 0 saturated carbocycles. The van der Waals surface area contributed by atoms with E-state index in [2.05, 4.69) is 9.97 Å². The molecule has 0 aliphatic heterocycles. The van der Waals surface area contributed by atoms with Crippen LogP contribution in [-0.4, -0.2) is 22.5 Å². The molecular formula is C11H10N2O3S. The van der Waals surface area contributed by atoms with Crippen molar-refractivity contribution in [2.45, 2.75) is 17.2 Å². The van der Waals surface area contributed by atoms with Gasteiger partial charge in [0.15, 0.2) is 5.69 Å². The van der Waals surface area contributed by atoms with E-state index >= 15 is 0 Å². The van der Waals surface area contributed by atoms with E-state index in [-0.39, 0.29) is 5.69 Å². The zero-order valence-corrected chi connectivity index (χ0v) is 9.94.